The van der Waals surface area contributed by atoms with E-state index < -0.39 is 18.2 Å². The van der Waals surface area contributed by atoms with E-state index in [-0.39, 0.29) is 16.8 Å². The van der Waals surface area contributed by atoms with E-state index in [1.807, 2.05) is 0 Å². The monoisotopic (exact) mass is 250 g/mol. The normalized spacial score (nSPS) is 50.1. The predicted molar refractivity (Wildman–Crippen MR) is 47.3 cm³/mol. The van der Waals surface area contributed by atoms with E-state index in [0.717, 1.165) is 0 Å². The average Bonchev–Trinajstić information content (AvgIpc) is 2.38. The Hall–Kier alpha value is -0.130. The van der Waals surface area contributed by atoms with Crippen LogP contribution in [0.5, 0.6) is 0 Å². The highest BCUT2D eigenvalue weighted by molar-refractivity contribution is 9.09. The summed E-state index contributed by atoms with van der Waals surface area (Å²) in [4.78, 5) is 10.8. The second-order valence-electron chi connectivity index (χ2n) is 3.60. The molecule has 1 saturated carbocycles. The maximum absolute atomic E-state index is 11.0. The van der Waals surface area contributed by atoms with Gasteiger partial charge in [0, 0.05) is 5.92 Å². The summed E-state index contributed by atoms with van der Waals surface area (Å²) in [5, 5.41) is 18.9. The molecule has 0 aromatic rings. The molecule has 5 atom stereocenters. The van der Waals surface area contributed by atoms with E-state index in [4.69, 9.17) is 4.74 Å². The van der Waals surface area contributed by atoms with Crippen molar-refractivity contribution in [3.8, 4) is 0 Å². The summed E-state index contributed by atoms with van der Waals surface area (Å²) in [5.41, 5.74) is 0. The zero-order valence-corrected chi connectivity index (χ0v) is 8.48. The number of carbonyl (C=O) groups is 1. The Morgan fingerprint density at radius 3 is 2.77 bits per heavy atom. The molecule has 0 aromatic heterocycles. The Bertz CT molecular complexity index is 232. The van der Waals surface area contributed by atoms with Crippen LogP contribution in [0.3, 0.4) is 0 Å². The third-order valence-electron chi connectivity index (χ3n) is 2.80. The van der Waals surface area contributed by atoms with Crippen molar-refractivity contribution in [2.45, 2.75) is 36.0 Å². The molecule has 0 spiro atoms. The van der Waals surface area contributed by atoms with E-state index in [1.54, 1.807) is 0 Å². The fourth-order valence-electron chi connectivity index (χ4n) is 2.01. The van der Waals surface area contributed by atoms with Gasteiger partial charge in [-0.1, -0.05) is 15.9 Å². The Morgan fingerprint density at radius 1 is 1.38 bits per heavy atom. The largest absolute Gasteiger partial charge is 0.459 e. The second kappa shape index (κ2) is 3.22. The summed E-state index contributed by atoms with van der Waals surface area (Å²) in [7, 11) is 0. The van der Waals surface area contributed by atoms with Gasteiger partial charge in [-0.15, -0.1) is 0 Å². The number of carbonyl (C=O) groups excluding carboxylic acids is 1. The first kappa shape index (κ1) is 9.43. The van der Waals surface area contributed by atoms with Gasteiger partial charge in [0.1, 0.15) is 6.10 Å². The summed E-state index contributed by atoms with van der Waals surface area (Å²) < 4.78 is 4.96. The van der Waals surface area contributed by atoms with Crippen LogP contribution in [0.4, 0.5) is 0 Å². The number of aliphatic hydroxyl groups is 2. The van der Waals surface area contributed by atoms with Gasteiger partial charge >= 0.3 is 5.97 Å². The first-order valence-electron chi connectivity index (χ1n) is 4.32. The van der Waals surface area contributed by atoms with Gasteiger partial charge in [-0.2, -0.15) is 0 Å². The highest BCUT2D eigenvalue weighted by Gasteiger charge is 2.50. The average molecular weight is 251 g/mol. The van der Waals surface area contributed by atoms with Crippen molar-refractivity contribution in [2.24, 2.45) is 5.92 Å². The van der Waals surface area contributed by atoms with Crippen molar-refractivity contribution in [3.63, 3.8) is 0 Å². The molecule has 1 aliphatic heterocycles. The lowest BCUT2D eigenvalue weighted by molar-refractivity contribution is -0.147. The Kier molecular flexibility index (Phi) is 2.33. The van der Waals surface area contributed by atoms with Gasteiger partial charge in [0.25, 0.3) is 0 Å². The smallest absolute Gasteiger partial charge is 0.335 e. The van der Waals surface area contributed by atoms with Crippen LogP contribution in [0.25, 0.3) is 0 Å². The minimum Gasteiger partial charge on any atom is -0.459 e. The third kappa shape index (κ3) is 1.39. The van der Waals surface area contributed by atoms with Crippen molar-refractivity contribution in [1.29, 1.82) is 0 Å². The van der Waals surface area contributed by atoms with Gasteiger partial charge in [-0.25, -0.2) is 4.79 Å². The Balaban J connectivity index is 2.17. The van der Waals surface area contributed by atoms with Gasteiger partial charge in [0.15, 0.2) is 6.10 Å². The molecule has 2 fully saturated rings. The number of rotatable bonds is 0. The van der Waals surface area contributed by atoms with Gasteiger partial charge in [0.05, 0.1) is 10.9 Å². The topological polar surface area (TPSA) is 66.8 Å². The van der Waals surface area contributed by atoms with E-state index >= 15 is 0 Å². The number of hydrogen-bond donors (Lipinski definition) is 2. The third-order valence-corrected chi connectivity index (χ3v) is 3.93. The molecule has 2 aliphatic rings. The standard InChI is InChI=1S/C8H11BrO4/c9-5-4(10)2-1-3-6(11)8(12)13-7(3)5/h3-7,10-11H,1-2H2/t3-,4+,5-,6+,7+/m0/s1. The first-order chi connectivity index (χ1) is 6.11. The molecular weight excluding hydrogens is 240 g/mol. The number of esters is 1. The fraction of sp³-hybridized carbons (Fsp3) is 0.875. The minimum atomic E-state index is -1.00. The lowest BCUT2D eigenvalue weighted by Crippen LogP contribution is -2.43. The van der Waals surface area contributed by atoms with Crippen LogP contribution in [0.2, 0.25) is 0 Å². The van der Waals surface area contributed by atoms with Crippen LogP contribution >= 0.6 is 15.9 Å². The SMILES string of the molecule is O=C1O[C@H]2[C@@H](Br)[C@H](O)CC[C@H]2[C@H]1O. The maximum atomic E-state index is 11.0. The number of halogens is 1. The predicted octanol–water partition coefficient (Wildman–Crippen LogP) is -0.193. The van der Waals surface area contributed by atoms with Crippen LogP contribution < -0.4 is 0 Å². The molecule has 0 unspecified atom stereocenters. The summed E-state index contributed by atoms with van der Waals surface area (Å²) in [6.07, 6.45) is -0.617. The van der Waals surface area contributed by atoms with Crippen LogP contribution in [0.15, 0.2) is 0 Å². The van der Waals surface area contributed by atoms with E-state index in [2.05, 4.69) is 15.9 Å². The number of hydrogen-bond acceptors (Lipinski definition) is 4. The summed E-state index contributed by atoms with van der Waals surface area (Å²) >= 11 is 3.28. The molecule has 13 heavy (non-hydrogen) atoms. The maximum Gasteiger partial charge on any atom is 0.335 e. The van der Waals surface area contributed by atoms with Gasteiger partial charge in [-0.05, 0) is 12.8 Å². The Morgan fingerprint density at radius 2 is 2.08 bits per heavy atom. The van der Waals surface area contributed by atoms with Crippen molar-refractivity contribution in [2.75, 3.05) is 0 Å². The summed E-state index contributed by atoms with van der Waals surface area (Å²) in [6.45, 7) is 0. The molecule has 4 nitrogen and oxygen atoms in total. The minimum absolute atomic E-state index is 0.153. The Labute approximate surface area is 84.0 Å². The lowest BCUT2D eigenvalue weighted by atomic mass is 9.83. The molecular formula is C8H11BrO4. The number of fused-ring (bicyclic) bond motifs is 1. The lowest BCUT2D eigenvalue weighted by Gasteiger charge is -2.32. The van der Waals surface area contributed by atoms with Crippen LogP contribution in [-0.2, 0) is 9.53 Å². The number of aliphatic hydroxyl groups excluding tert-OH is 2. The fourth-order valence-corrected chi connectivity index (χ4v) is 2.77. The van der Waals surface area contributed by atoms with E-state index in [9.17, 15) is 15.0 Å². The summed E-state index contributed by atoms with van der Waals surface area (Å²) in [5.74, 6) is -0.714. The second-order valence-corrected chi connectivity index (χ2v) is 4.66. The zero-order chi connectivity index (χ0) is 9.59. The van der Waals surface area contributed by atoms with Crippen LogP contribution in [0.1, 0.15) is 12.8 Å². The quantitative estimate of drug-likeness (QED) is 0.462. The molecule has 74 valence electrons. The molecule has 0 bridgehead atoms. The molecule has 1 heterocycles. The van der Waals surface area contributed by atoms with Gasteiger partial charge in [0.2, 0.25) is 0 Å². The van der Waals surface area contributed by atoms with Crippen LogP contribution in [0, 0.1) is 5.92 Å². The van der Waals surface area contributed by atoms with Crippen molar-refractivity contribution in [1.82, 2.24) is 0 Å². The number of alkyl halides is 1. The first-order valence-corrected chi connectivity index (χ1v) is 5.23. The molecule has 0 amide bonds. The van der Waals surface area contributed by atoms with E-state index in [1.165, 1.54) is 0 Å². The van der Waals surface area contributed by atoms with E-state index in [0.29, 0.717) is 12.8 Å². The van der Waals surface area contributed by atoms with Crippen molar-refractivity contribution in [3.05, 3.63) is 0 Å². The number of ether oxygens (including phenoxy) is 1. The summed E-state index contributed by atoms with van der Waals surface area (Å²) in [6, 6.07) is 0. The molecule has 2 rings (SSSR count). The molecule has 1 saturated heterocycles. The molecule has 0 aromatic carbocycles. The van der Waals surface area contributed by atoms with Gasteiger partial charge < -0.3 is 14.9 Å². The zero-order valence-electron chi connectivity index (χ0n) is 6.89. The molecule has 1 aliphatic carbocycles. The molecule has 0 radical (unpaired) electrons. The van der Waals surface area contributed by atoms with Crippen molar-refractivity contribution >= 4 is 21.9 Å². The molecule has 5 heteroatoms. The highest BCUT2D eigenvalue weighted by atomic mass is 79.9. The van der Waals surface area contributed by atoms with Crippen molar-refractivity contribution < 1.29 is 19.7 Å². The highest BCUT2D eigenvalue weighted by Crippen LogP contribution is 2.38. The van der Waals surface area contributed by atoms with Gasteiger partial charge in [-0.3, -0.25) is 0 Å². The van der Waals surface area contributed by atoms with Crippen LogP contribution in [-0.4, -0.2) is 39.3 Å². The molecule has 2 N–H and O–H groups in total.